The number of aromatic nitrogens is 1. The van der Waals surface area contributed by atoms with Gasteiger partial charge >= 0.3 is 5.97 Å². The molecule has 1 aromatic heterocycles. The molecule has 2 rings (SSSR count). The van der Waals surface area contributed by atoms with E-state index in [-0.39, 0.29) is 5.82 Å². The van der Waals surface area contributed by atoms with E-state index in [4.69, 9.17) is 10.5 Å². The molecule has 0 fully saturated rings. The molecule has 0 aliphatic heterocycles. The predicted octanol–water partition coefficient (Wildman–Crippen LogP) is 3.20. The summed E-state index contributed by atoms with van der Waals surface area (Å²) in [6, 6.07) is 0. The van der Waals surface area contributed by atoms with E-state index in [0.29, 0.717) is 17.2 Å². The molecule has 1 aliphatic rings. The third-order valence-corrected chi connectivity index (χ3v) is 4.13. The fraction of sp³-hybridized carbons (Fsp3) is 0.571. The summed E-state index contributed by atoms with van der Waals surface area (Å²) < 4.78 is 9.03. The van der Waals surface area contributed by atoms with Gasteiger partial charge in [0.05, 0.1) is 6.61 Å². The Bertz CT molecular complexity index is 497. The van der Waals surface area contributed by atoms with Gasteiger partial charge in [0.25, 0.3) is 0 Å². The summed E-state index contributed by atoms with van der Waals surface area (Å²) in [6.45, 7) is 2.90. The maximum absolute atomic E-state index is 11.8. The number of rotatable bonds is 6. The van der Waals surface area contributed by atoms with Gasteiger partial charge in [-0.15, -0.1) is 0 Å². The summed E-state index contributed by atoms with van der Waals surface area (Å²) in [6.07, 6.45) is 8.30. The van der Waals surface area contributed by atoms with Crippen LogP contribution in [0.5, 0.6) is 0 Å². The number of ether oxygens (including phenoxy) is 1. The number of hydrogen-bond donors (Lipinski definition) is 2. The monoisotopic (exact) mass is 295 g/mol. The number of nitrogens with zero attached hydrogens (tertiary/aromatic N) is 1. The Morgan fingerprint density at radius 1 is 1.55 bits per heavy atom. The molecule has 3 N–H and O–H groups in total. The van der Waals surface area contributed by atoms with Crippen molar-refractivity contribution in [3.63, 3.8) is 0 Å². The van der Waals surface area contributed by atoms with Crippen LogP contribution in [0.15, 0.2) is 11.6 Å². The van der Waals surface area contributed by atoms with Crippen LogP contribution in [-0.2, 0) is 4.74 Å². The Labute approximate surface area is 123 Å². The van der Waals surface area contributed by atoms with Crippen LogP contribution in [0.25, 0.3) is 0 Å². The van der Waals surface area contributed by atoms with Gasteiger partial charge in [-0.05, 0) is 50.6 Å². The summed E-state index contributed by atoms with van der Waals surface area (Å²) in [4.78, 5) is 11.8. The van der Waals surface area contributed by atoms with E-state index >= 15 is 0 Å². The molecule has 0 spiro atoms. The zero-order valence-corrected chi connectivity index (χ0v) is 12.6. The van der Waals surface area contributed by atoms with E-state index in [1.165, 1.54) is 42.8 Å². The topological polar surface area (TPSA) is 77.2 Å². The second-order valence-corrected chi connectivity index (χ2v) is 5.55. The number of carbonyl (C=O) groups is 1. The van der Waals surface area contributed by atoms with Gasteiger partial charge < -0.3 is 15.8 Å². The molecule has 0 aromatic carbocycles. The van der Waals surface area contributed by atoms with Crippen molar-refractivity contribution in [3.8, 4) is 0 Å². The molecule has 6 heteroatoms. The smallest absolute Gasteiger partial charge is 0.344 e. The molecule has 0 radical (unpaired) electrons. The lowest BCUT2D eigenvalue weighted by molar-refractivity contribution is 0.0529. The van der Waals surface area contributed by atoms with Gasteiger partial charge in [0.1, 0.15) is 10.6 Å². The Balaban J connectivity index is 1.92. The molecule has 0 bridgehead atoms. The molecule has 1 heterocycles. The molecular weight excluding hydrogens is 274 g/mol. The Morgan fingerprint density at radius 2 is 2.40 bits per heavy atom. The van der Waals surface area contributed by atoms with Crippen molar-refractivity contribution in [1.29, 1.82) is 0 Å². The standard InChI is InChI=1S/C14H21N3O2S/c1-2-19-14(18)11-12(15)17-20-13(11)16-9-8-10-6-4-3-5-7-10/h6,16H,2-5,7-9H2,1H3,(H2,15,17). The van der Waals surface area contributed by atoms with Crippen molar-refractivity contribution >= 4 is 28.3 Å². The van der Waals surface area contributed by atoms with Crippen molar-refractivity contribution in [2.24, 2.45) is 0 Å². The highest BCUT2D eigenvalue weighted by atomic mass is 32.1. The van der Waals surface area contributed by atoms with Crippen LogP contribution < -0.4 is 11.1 Å². The third-order valence-electron chi connectivity index (χ3n) is 3.31. The molecule has 0 unspecified atom stereocenters. The lowest BCUT2D eigenvalue weighted by Crippen LogP contribution is -2.11. The quantitative estimate of drug-likeness (QED) is 0.622. The van der Waals surface area contributed by atoms with Gasteiger partial charge in [-0.3, -0.25) is 0 Å². The van der Waals surface area contributed by atoms with Crippen LogP contribution in [-0.4, -0.2) is 23.5 Å². The molecule has 0 saturated heterocycles. The van der Waals surface area contributed by atoms with Gasteiger partial charge in [-0.2, -0.15) is 4.37 Å². The molecule has 5 nitrogen and oxygen atoms in total. The maximum Gasteiger partial charge on any atom is 0.344 e. The zero-order valence-electron chi connectivity index (χ0n) is 11.8. The van der Waals surface area contributed by atoms with Gasteiger partial charge in [-0.1, -0.05) is 11.6 Å². The molecular formula is C14H21N3O2S. The summed E-state index contributed by atoms with van der Waals surface area (Å²) >= 11 is 1.21. The van der Waals surface area contributed by atoms with E-state index in [2.05, 4.69) is 15.8 Å². The van der Waals surface area contributed by atoms with E-state index in [0.717, 1.165) is 13.0 Å². The minimum absolute atomic E-state index is 0.243. The highest BCUT2D eigenvalue weighted by molar-refractivity contribution is 7.11. The second kappa shape index (κ2) is 7.28. The van der Waals surface area contributed by atoms with Crippen LogP contribution in [0.4, 0.5) is 10.8 Å². The van der Waals surface area contributed by atoms with Gasteiger partial charge in [0, 0.05) is 6.54 Å². The van der Waals surface area contributed by atoms with Crippen molar-refractivity contribution in [2.75, 3.05) is 24.2 Å². The first-order valence-electron chi connectivity index (χ1n) is 7.06. The van der Waals surface area contributed by atoms with Crippen LogP contribution in [0, 0.1) is 0 Å². The minimum Gasteiger partial charge on any atom is -0.462 e. The number of nitrogens with one attached hydrogen (secondary N) is 1. The highest BCUT2D eigenvalue weighted by Gasteiger charge is 2.20. The Morgan fingerprint density at radius 3 is 3.10 bits per heavy atom. The zero-order chi connectivity index (χ0) is 14.4. The first-order valence-corrected chi connectivity index (χ1v) is 7.83. The SMILES string of the molecule is CCOC(=O)c1c(N)nsc1NCCC1=CCCCC1. The molecule has 0 amide bonds. The van der Waals surface area contributed by atoms with Crippen LogP contribution in [0.3, 0.4) is 0 Å². The fourth-order valence-electron chi connectivity index (χ4n) is 2.29. The largest absolute Gasteiger partial charge is 0.462 e. The van der Waals surface area contributed by atoms with Crippen molar-refractivity contribution in [2.45, 2.75) is 39.0 Å². The van der Waals surface area contributed by atoms with E-state index in [1.54, 1.807) is 6.92 Å². The Kier molecular flexibility index (Phi) is 5.40. The summed E-state index contributed by atoms with van der Waals surface area (Å²) in [5.74, 6) is -0.161. The molecule has 20 heavy (non-hydrogen) atoms. The summed E-state index contributed by atoms with van der Waals surface area (Å²) in [5.41, 5.74) is 7.60. The lowest BCUT2D eigenvalue weighted by Gasteiger charge is -2.13. The average molecular weight is 295 g/mol. The summed E-state index contributed by atoms with van der Waals surface area (Å²) in [7, 11) is 0. The minimum atomic E-state index is -0.405. The number of allylic oxidation sites excluding steroid dienone is 1. The number of carbonyl (C=O) groups excluding carboxylic acids is 1. The first-order chi connectivity index (χ1) is 9.72. The van der Waals surface area contributed by atoms with Crippen molar-refractivity contribution in [1.82, 2.24) is 4.37 Å². The van der Waals surface area contributed by atoms with Crippen molar-refractivity contribution in [3.05, 3.63) is 17.2 Å². The Hall–Kier alpha value is -1.56. The molecule has 110 valence electrons. The molecule has 1 aliphatic carbocycles. The van der Waals surface area contributed by atoms with E-state index < -0.39 is 5.97 Å². The van der Waals surface area contributed by atoms with E-state index in [9.17, 15) is 4.79 Å². The second-order valence-electron chi connectivity index (χ2n) is 4.78. The average Bonchev–Trinajstić information content (AvgIpc) is 2.81. The van der Waals surface area contributed by atoms with Crippen LogP contribution in [0.1, 0.15) is 49.4 Å². The number of esters is 1. The van der Waals surface area contributed by atoms with Gasteiger partial charge in [0.2, 0.25) is 0 Å². The van der Waals surface area contributed by atoms with Crippen molar-refractivity contribution < 1.29 is 9.53 Å². The fourth-order valence-corrected chi connectivity index (χ4v) is 3.02. The normalized spacial score (nSPS) is 14.8. The molecule has 0 atom stereocenters. The molecule has 1 aromatic rings. The third kappa shape index (κ3) is 3.72. The lowest BCUT2D eigenvalue weighted by atomic mass is 9.97. The van der Waals surface area contributed by atoms with Gasteiger partial charge in [-0.25, -0.2) is 4.79 Å². The maximum atomic E-state index is 11.8. The van der Waals surface area contributed by atoms with E-state index in [1.807, 2.05) is 0 Å². The first kappa shape index (κ1) is 14.8. The summed E-state index contributed by atoms with van der Waals surface area (Å²) in [5, 5.41) is 3.96. The van der Waals surface area contributed by atoms with Gasteiger partial charge in [0.15, 0.2) is 5.82 Å². The number of anilines is 2. The van der Waals surface area contributed by atoms with Crippen LogP contribution >= 0.6 is 11.5 Å². The highest BCUT2D eigenvalue weighted by Crippen LogP contribution is 2.28. The number of nitrogens with two attached hydrogens (primary N) is 1. The number of hydrogen-bond acceptors (Lipinski definition) is 6. The number of nitrogen functional groups attached to an aromatic ring is 1. The molecule has 0 saturated carbocycles. The predicted molar refractivity (Wildman–Crippen MR) is 82.1 cm³/mol. The van der Waals surface area contributed by atoms with Crippen LogP contribution in [0.2, 0.25) is 0 Å².